The number of nitrogens with one attached hydrogen (secondary N) is 2. The van der Waals surface area contributed by atoms with E-state index >= 15 is 0 Å². The van der Waals surface area contributed by atoms with Crippen molar-refractivity contribution in [2.75, 3.05) is 0 Å². The molecule has 0 saturated carbocycles. The molecule has 1 fully saturated rings. The third-order valence-corrected chi connectivity index (χ3v) is 2.89. The molecule has 2 nitrogen and oxygen atoms in total. The average molecular weight is 153 g/mol. The van der Waals surface area contributed by atoms with Crippen molar-refractivity contribution in [3.05, 3.63) is 24.3 Å². The van der Waals surface area contributed by atoms with Gasteiger partial charge >= 0.3 is 0 Å². The molecule has 0 amide bonds. The Labute approximate surface area is 64.6 Å². The zero-order valence-corrected chi connectivity index (χ0v) is 6.27. The van der Waals surface area contributed by atoms with Crippen LogP contribution < -0.4 is 11.1 Å². The Morgan fingerprint density at radius 1 is 1.30 bits per heavy atom. The lowest BCUT2D eigenvalue weighted by Crippen LogP contribution is -2.31. The second-order valence-corrected chi connectivity index (χ2v) is 3.73. The van der Waals surface area contributed by atoms with E-state index in [9.17, 15) is 0 Å². The highest BCUT2D eigenvalue weighted by Crippen LogP contribution is 2.28. The summed E-state index contributed by atoms with van der Waals surface area (Å²) >= 11 is 1.67. The number of rotatable bonds is 0. The van der Waals surface area contributed by atoms with Crippen LogP contribution in [-0.2, 0) is 0 Å². The van der Waals surface area contributed by atoms with Gasteiger partial charge in [0.1, 0.15) is 5.50 Å². The van der Waals surface area contributed by atoms with E-state index in [1.165, 1.54) is 0 Å². The molecule has 3 heteroatoms. The van der Waals surface area contributed by atoms with Gasteiger partial charge in [-0.2, -0.15) is 0 Å². The van der Waals surface area contributed by atoms with Crippen molar-refractivity contribution in [3.8, 4) is 0 Å². The highest BCUT2D eigenvalue weighted by molar-refractivity contribution is 8.00. The maximum absolute atomic E-state index is 7.41. The molecule has 10 heavy (non-hydrogen) atoms. The molecule has 0 bridgehead atoms. The van der Waals surface area contributed by atoms with Gasteiger partial charge in [-0.1, -0.05) is 24.3 Å². The van der Waals surface area contributed by atoms with Crippen molar-refractivity contribution in [2.45, 2.75) is 16.8 Å². The number of hydrogen-bond donors (Lipinski definition) is 1. The molecule has 2 aliphatic rings. The Balaban J connectivity index is 2.14. The van der Waals surface area contributed by atoms with Crippen LogP contribution in [0, 0.1) is 0 Å². The van der Waals surface area contributed by atoms with Gasteiger partial charge in [0.15, 0.2) is 0 Å². The summed E-state index contributed by atoms with van der Waals surface area (Å²) in [5, 5.41) is 3.64. The van der Waals surface area contributed by atoms with E-state index in [-0.39, 0.29) is 5.50 Å². The van der Waals surface area contributed by atoms with Crippen LogP contribution in [0.1, 0.15) is 0 Å². The Hall–Kier alpha value is -0.250. The SMILES string of the molecule is [NH]C1NC2C=CC=CC2S1. The predicted octanol–water partition coefficient (Wildman–Crippen LogP) is 0.752. The first-order valence-electron chi connectivity index (χ1n) is 3.34. The first-order chi connectivity index (χ1) is 4.86. The Bertz CT molecular complexity index is 168. The largest absolute Gasteiger partial charge is 0.285 e. The van der Waals surface area contributed by atoms with Crippen molar-refractivity contribution in [3.63, 3.8) is 0 Å². The molecule has 0 aromatic carbocycles. The molecular formula is C7H9N2S. The van der Waals surface area contributed by atoms with E-state index in [1.54, 1.807) is 11.8 Å². The third-order valence-electron chi connectivity index (χ3n) is 1.72. The van der Waals surface area contributed by atoms with Crippen LogP contribution in [0.15, 0.2) is 24.3 Å². The number of thioether (sulfide) groups is 1. The van der Waals surface area contributed by atoms with Gasteiger partial charge in [0.25, 0.3) is 0 Å². The highest BCUT2D eigenvalue weighted by Gasteiger charge is 2.29. The Morgan fingerprint density at radius 2 is 2.10 bits per heavy atom. The highest BCUT2D eigenvalue weighted by atomic mass is 32.2. The van der Waals surface area contributed by atoms with Gasteiger partial charge in [-0.3, -0.25) is 5.32 Å². The van der Waals surface area contributed by atoms with Crippen molar-refractivity contribution < 1.29 is 0 Å². The van der Waals surface area contributed by atoms with Crippen LogP contribution in [-0.4, -0.2) is 16.8 Å². The Morgan fingerprint density at radius 3 is 2.90 bits per heavy atom. The van der Waals surface area contributed by atoms with Gasteiger partial charge in [-0.15, -0.1) is 11.8 Å². The monoisotopic (exact) mass is 153 g/mol. The fourth-order valence-electron chi connectivity index (χ4n) is 1.24. The van der Waals surface area contributed by atoms with Crippen LogP contribution in [0.5, 0.6) is 0 Å². The minimum Gasteiger partial charge on any atom is -0.285 e. The van der Waals surface area contributed by atoms with Gasteiger partial charge in [-0.25, -0.2) is 5.73 Å². The van der Waals surface area contributed by atoms with E-state index in [1.807, 2.05) is 12.2 Å². The molecule has 1 aliphatic carbocycles. The molecule has 1 heterocycles. The summed E-state index contributed by atoms with van der Waals surface area (Å²) in [6.07, 6.45) is 8.35. The minimum atomic E-state index is -0.137. The summed E-state index contributed by atoms with van der Waals surface area (Å²) in [4.78, 5) is 0. The van der Waals surface area contributed by atoms with E-state index in [0.717, 1.165) is 0 Å². The summed E-state index contributed by atoms with van der Waals surface area (Å²) in [5.41, 5.74) is 7.27. The van der Waals surface area contributed by atoms with Gasteiger partial charge in [0, 0.05) is 11.3 Å². The molecule has 1 aliphatic heterocycles. The zero-order chi connectivity index (χ0) is 6.97. The smallest absolute Gasteiger partial charge is 0.119 e. The summed E-state index contributed by atoms with van der Waals surface area (Å²) in [6, 6.07) is 0.400. The van der Waals surface area contributed by atoms with E-state index < -0.39 is 0 Å². The lowest BCUT2D eigenvalue weighted by Gasteiger charge is -2.12. The molecule has 3 unspecified atom stereocenters. The van der Waals surface area contributed by atoms with Crippen molar-refractivity contribution in [1.29, 1.82) is 0 Å². The van der Waals surface area contributed by atoms with Crippen LogP contribution in [0.25, 0.3) is 0 Å². The van der Waals surface area contributed by atoms with Crippen molar-refractivity contribution in [2.24, 2.45) is 0 Å². The molecule has 3 atom stereocenters. The standard InChI is InChI=1S/C7H9N2S/c8-7-9-5-3-1-2-4-6(5)10-7/h1-9H. The number of fused-ring (bicyclic) bond motifs is 1. The van der Waals surface area contributed by atoms with Crippen LogP contribution in [0.2, 0.25) is 0 Å². The van der Waals surface area contributed by atoms with Crippen LogP contribution >= 0.6 is 11.8 Å². The summed E-state index contributed by atoms with van der Waals surface area (Å²) in [7, 11) is 0. The quantitative estimate of drug-likeness (QED) is 0.557. The lowest BCUT2D eigenvalue weighted by atomic mass is 10.1. The van der Waals surface area contributed by atoms with Gasteiger partial charge < -0.3 is 0 Å². The molecule has 53 valence electrons. The zero-order valence-electron chi connectivity index (χ0n) is 5.45. The minimum absolute atomic E-state index is 0.137. The molecule has 1 saturated heterocycles. The summed E-state index contributed by atoms with van der Waals surface area (Å²) in [6.45, 7) is 0. The van der Waals surface area contributed by atoms with Gasteiger partial charge in [0.05, 0.1) is 0 Å². The molecule has 0 spiro atoms. The topological polar surface area (TPSA) is 35.8 Å². The second kappa shape index (κ2) is 2.42. The molecule has 0 aromatic rings. The molecule has 2 N–H and O–H groups in total. The third kappa shape index (κ3) is 1.00. The maximum atomic E-state index is 7.41. The lowest BCUT2D eigenvalue weighted by molar-refractivity contribution is 0.618. The molecule has 0 aromatic heterocycles. The molecular weight excluding hydrogens is 144 g/mol. The van der Waals surface area contributed by atoms with Gasteiger partial charge in [-0.05, 0) is 0 Å². The number of hydrogen-bond acceptors (Lipinski definition) is 2. The van der Waals surface area contributed by atoms with Crippen molar-refractivity contribution in [1.82, 2.24) is 11.1 Å². The first kappa shape index (κ1) is 6.46. The van der Waals surface area contributed by atoms with E-state index in [0.29, 0.717) is 11.3 Å². The van der Waals surface area contributed by atoms with Gasteiger partial charge in [0.2, 0.25) is 0 Å². The van der Waals surface area contributed by atoms with Crippen LogP contribution in [0.4, 0.5) is 0 Å². The average Bonchev–Trinajstić information content (AvgIpc) is 2.27. The van der Waals surface area contributed by atoms with E-state index in [4.69, 9.17) is 5.73 Å². The van der Waals surface area contributed by atoms with E-state index in [2.05, 4.69) is 17.5 Å². The van der Waals surface area contributed by atoms with Crippen LogP contribution in [0.3, 0.4) is 0 Å². The number of allylic oxidation sites excluding steroid dienone is 2. The molecule has 1 radical (unpaired) electrons. The predicted molar refractivity (Wildman–Crippen MR) is 43.5 cm³/mol. The first-order valence-corrected chi connectivity index (χ1v) is 4.28. The summed E-state index contributed by atoms with van der Waals surface area (Å²) in [5.74, 6) is 0. The Kier molecular flexibility index (Phi) is 1.56. The van der Waals surface area contributed by atoms with Crippen molar-refractivity contribution >= 4 is 11.8 Å². The fourth-order valence-corrected chi connectivity index (χ4v) is 2.31. The fraction of sp³-hybridized carbons (Fsp3) is 0.429. The maximum Gasteiger partial charge on any atom is 0.119 e. The second-order valence-electron chi connectivity index (χ2n) is 2.44. The summed E-state index contributed by atoms with van der Waals surface area (Å²) < 4.78 is 0. The molecule has 2 rings (SSSR count). The normalized spacial score (nSPS) is 43.9.